The van der Waals surface area contributed by atoms with Crippen LogP contribution in [-0.4, -0.2) is 31.7 Å². The molecule has 7 heteroatoms. The van der Waals surface area contributed by atoms with Gasteiger partial charge in [0.1, 0.15) is 0 Å². The topological polar surface area (TPSA) is 66.5 Å². The lowest BCUT2D eigenvalue weighted by atomic mass is 9.96. The Hall–Kier alpha value is -1.70. The highest BCUT2D eigenvalue weighted by Crippen LogP contribution is 2.23. The van der Waals surface area contributed by atoms with Gasteiger partial charge in [-0.1, -0.05) is 60.1 Å². The molecule has 1 aliphatic rings. The van der Waals surface area contributed by atoms with Crippen molar-refractivity contribution in [2.45, 2.75) is 51.8 Å². The van der Waals surface area contributed by atoms with Crippen molar-refractivity contribution in [3.63, 3.8) is 0 Å². The normalized spacial score (nSPS) is 15.7. The Morgan fingerprint density at radius 3 is 2.26 bits per heavy atom. The second-order valence-electron chi connectivity index (χ2n) is 8.08. The molecular weight excluding hydrogens is 476 g/mol. The van der Waals surface area contributed by atoms with Gasteiger partial charge >= 0.3 is 0 Å². The zero-order valence-corrected chi connectivity index (χ0v) is 20.6. The zero-order valence-electron chi connectivity index (χ0n) is 18.2. The number of hydrogen-bond donors (Lipinski definition) is 1. The molecule has 1 heterocycles. The summed E-state index contributed by atoms with van der Waals surface area (Å²) in [5.41, 5.74) is 4.46. The molecule has 0 spiro atoms. The summed E-state index contributed by atoms with van der Waals surface area (Å²) in [6.07, 6.45) is 3.02. The molecule has 31 heavy (non-hydrogen) atoms. The van der Waals surface area contributed by atoms with Gasteiger partial charge in [-0.2, -0.15) is 0 Å². The van der Waals surface area contributed by atoms with E-state index in [9.17, 15) is 13.2 Å². The third-order valence-corrected chi connectivity index (χ3v) is 8.37. The molecule has 2 aromatic carbocycles. The summed E-state index contributed by atoms with van der Waals surface area (Å²) >= 11 is 3.37. The first-order valence-corrected chi connectivity index (χ1v) is 13.3. The highest BCUT2D eigenvalue weighted by Gasteiger charge is 2.31. The van der Waals surface area contributed by atoms with Crippen molar-refractivity contribution < 1.29 is 13.2 Å². The first-order valence-electron chi connectivity index (χ1n) is 10.9. The fraction of sp³-hybridized carbons (Fsp3) is 0.458. The quantitative estimate of drug-likeness (QED) is 0.575. The van der Waals surface area contributed by atoms with Gasteiger partial charge < -0.3 is 5.32 Å². The maximum Gasteiger partial charge on any atom is 0.223 e. The van der Waals surface area contributed by atoms with E-state index < -0.39 is 10.0 Å². The lowest BCUT2D eigenvalue weighted by molar-refractivity contribution is -0.126. The molecule has 168 valence electrons. The van der Waals surface area contributed by atoms with Crippen molar-refractivity contribution >= 4 is 31.9 Å². The number of aryl methyl sites for hydroxylation is 2. The third kappa shape index (κ3) is 6.40. The minimum absolute atomic E-state index is 0.00922. The summed E-state index contributed by atoms with van der Waals surface area (Å²) in [5, 5.41) is 3.08. The number of rotatable bonds is 8. The second-order valence-corrected chi connectivity index (χ2v) is 11.0. The molecule has 0 bridgehead atoms. The van der Waals surface area contributed by atoms with E-state index in [2.05, 4.69) is 53.3 Å². The summed E-state index contributed by atoms with van der Waals surface area (Å²) in [7, 11) is -3.38. The lowest BCUT2D eigenvalue weighted by Gasteiger charge is -2.30. The molecule has 1 saturated heterocycles. The molecule has 3 rings (SSSR count). The summed E-state index contributed by atoms with van der Waals surface area (Å²) < 4.78 is 28.0. The molecule has 0 saturated carbocycles. The molecule has 5 nitrogen and oxygen atoms in total. The van der Waals surface area contributed by atoms with E-state index in [1.54, 1.807) is 0 Å². The number of sulfonamides is 1. The van der Waals surface area contributed by atoms with Crippen LogP contribution in [0.25, 0.3) is 0 Å². The van der Waals surface area contributed by atoms with Crippen LogP contribution in [0.4, 0.5) is 0 Å². The average molecular weight is 507 g/mol. The van der Waals surface area contributed by atoms with Crippen LogP contribution in [0.3, 0.4) is 0 Å². The van der Waals surface area contributed by atoms with Crippen LogP contribution in [0, 0.1) is 5.92 Å². The molecule has 1 amide bonds. The van der Waals surface area contributed by atoms with E-state index in [-0.39, 0.29) is 17.6 Å². The zero-order chi connectivity index (χ0) is 22.4. The van der Waals surface area contributed by atoms with Crippen molar-refractivity contribution in [3.05, 3.63) is 69.2 Å². The molecule has 1 N–H and O–H groups in total. The standard InChI is InChI=1S/C24H31BrN2O3S/c1-3-18-5-8-20(4-2)22(15-18)16-26-24(28)21-11-13-27(14-12-21)31(29,30)17-19-6-9-23(25)10-7-19/h5-10,15,21H,3-4,11-14,16-17H2,1-2H3,(H,26,28). The number of halogens is 1. The Kier molecular flexibility index (Phi) is 8.30. The number of piperidine rings is 1. The molecule has 0 unspecified atom stereocenters. The first-order chi connectivity index (χ1) is 14.8. The summed E-state index contributed by atoms with van der Waals surface area (Å²) in [4.78, 5) is 12.7. The van der Waals surface area contributed by atoms with E-state index in [4.69, 9.17) is 0 Å². The minimum Gasteiger partial charge on any atom is -0.352 e. The van der Waals surface area contributed by atoms with E-state index in [1.807, 2.05) is 24.3 Å². The summed E-state index contributed by atoms with van der Waals surface area (Å²) in [5.74, 6) is -0.127. The van der Waals surface area contributed by atoms with Crippen molar-refractivity contribution in [1.82, 2.24) is 9.62 Å². The summed E-state index contributed by atoms with van der Waals surface area (Å²) in [6.45, 7) is 5.56. The minimum atomic E-state index is -3.38. The Balaban J connectivity index is 1.53. The van der Waals surface area contributed by atoms with Crippen LogP contribution in [0.2, 0.25) is 0 Å². The van der Waals surface area contributed by atoms with Crippen LogP contribution >= 0.6 is 15.9 Å². The fourth-order valence-electron chi connectivity index (χ4n) is 4.01. The molecule has 1 aliphatic heterocycles. The number of amides is 1. The van der Waals surface area contributed by atoms with Gasteiger partial charge in [-0.25, -0.2) is 12.7 Å². The third-order valence-electron chi connectivity index (χ3n) is 5.99. The Bertz CT molecular complexity index is 998. The van der Waals surface area contributed by atoms with E-state index in [0.717, 1.165) is 22.9 Å². The van der Waals surface area contributed by atoms with Gasteiger partial charge in [-0.15, -0.1) is 0 Å². The molecular formula is C24H31BrN2O3S. The number of nitrogens with zero attached hydrogens (tertiary/aromatic N) is 1. The average Bonchev–Trinajstić information content (AvgIpc) is 2.78. The molecule has 0 aliphatic carbocycles. The van der Waals surface area contributed by atoms with Crippen LogP contribution in [0.15, 0.2) is 46.9 Å². The van der Waals surface area contributed by atoms with Crippen LogP contribution in [-0.2, 0) is 40.0 Å². The lowest BCUT2D eigenvalue weighted by Crippen LogP contribution is -2.43. The van der Waals surface area contributed by atoms with Crippen LogP contribution in [0.5, 0.6) is 0 Å². The van der Waals surface area contributed by atoms with Gasteiger partial charge in [-0.05, 0) is 60.1 Å². The number of benzene rings is 2. The van der Waals surface area contributed by atoms with Crippen molar-refractivity contribution in [2.75, 3.05) is 13.1 Å². The SMILES string of the molecule is CCc1ccc(CC)c(CNC(=O)C2CCN(S(=O)(=O)Cc3ccc(Br)cc3)CC2)c1. The largest absolute Gasteiger partial charge is 0.352 e. The van der Waals surface area contributed by atoms with Gasteiger partial charge in [0, 0.05) is 30.0 Å². The Morgan fingerprint density at radius 1 is 1.00 bits per heavy atom. The number of carbonyl (C=O) groups excluding carboxylic acids is 1. The smallest absolute Gasteiger partial charge is 0.223 e. The Labute approximate surface area is 194 Å². The van der Waals surface area contributed by atoms with E-state index >= 15 is 0 Å². The second kappa shape index (κ2) is 10.7. The predicted octanol–water partition coefficient (Wildman–Crippen LogP) is 4.43. The monoisotopic (exact) mass is 506 g/mol. The summed E-state index contributed by atoms with van der Waals surface area (Å²) in [6, 6.07) is 13.8. The van der Waals surface area contributed by atoms with E-state index in [0.29, 0.717) is 32.5 Å². The predicted molar refractivity (Wildman–Crippen MR) is 128 cm³/mol. The van der Waals surface area contributed by atoms with Crippen molar-refractivity contribution in [1.29, 1.82) is 0 Å². The van der Waals surface area contributed by atoms with Gasteiger partial charge in [0.05, 0.1) is 5.75 Å². The molecule has 0 aromatic heterocycles. The van der Waals surface area contributed by atoms with Gasteiger partial charge in [-0.3, -0.25) is 4.79 Å². The molecule has 0 radical (unpaired) electrons. The van der Waals surface area contributed by atoms with Crippen molar-refractivity contribution in [2.24, 2.45) is 5.92 Å². The highest BCUT2D eigenvalue weighted by molar-refractivity contribution is 9.10. The van der Waals surface area contributed by atoms with Gasteiger partial charge in [0.25, 0.3) is 0 Å². The molecule has 2 aromatic rings. The van der Waals surface area contributed by atoms with Gasteiger partial charge in [0.2, 0.25) is 15.9 Å². The fourth-order valence-corrected chi connectivity index (χ4v) is 5.84. The highest BCUT2D eigenvalue weighted by atomic mass is 79.9. The first kappa shape index (κ1) is 24.0. The van der Waals surface area contributed by atoms with Crippen molar-refractivity contribution in [3.8, 4) is 0 Å². The molecule has 1 fully saturated rings. The van der Waals surface area contributed by atoms with Crippen LogP contribution in [0.1, 0.15) is 48.9 Å². The number of nitrogens with one attached hydrogen (secondary N) is 1. The maximum atomic E-state index is 12.8. The van der Waals surface area contributed by atoms with Crippen LogP contribution < -0.4 is 5.32 Å². The van der Waals surface area contributed by atoms with Gasteiger partial charge in [0.15, 0.2) is 0 Å². The number of hydrogen-bond acceptors (Lipinski definition) is 3. The maximum absolute atomic E-state index is 12.8. The molecule has 0 atom stereocenters. The van der Waals surface area contributed by atoms with E-state index in [1.165, 1.54) is 21.0 Å². The Morgan fingerprint density at radius 2 is 1.65 bits per heavy atom. The number of carbonyl (C=O) groups is 1.